The molecule has 0 atom stereocenters. The highest BCUT2D eigenvalue weighted by molar-refractivity contribution is 7.09. The van der Waals surface area contributed by atoms with Gasteiger partial charge in [0.2, 0.25) is 0 Å². The lowest BCUT2D eigenvalue weighted by molar-refractivity contribution is 0.0783. The van der Waals surface area contributed by atoms with E-state index in [2.05, 4.69) is 4.98 Å². The number of thiazole rings is 1. The van der Waals surface area contributed by atoms with Crippen LogP contribution in [0.25, 0.3) is 0 Å². The van der Waals surface area contributed by atoms with Crippen LogP contribution < -0.4 is 10.5 Å². The number of ether oxygens (including phenoxy) is 1. The molecule has 2 aromatic rings. The van der Waals surface area contributed by atoms with Crippen LogP contribution in [0.3, 0.4) is 0 Å². The number of anilines is 1. The van der Waals surface area contributed by atoms with Gasteiger partial charge < -0.3 is 15.4 Å². The molecule has 1 aromatic heterocycles. The molecular formula is C15H19N3O2S. The first-order valence-electron chi connectivity index (χ1n) is 6.69. The lowest BCUT2D eigenvalue weighted by atomic mass is 10.1. The zero-order valence-corrected chi connectivity index (χ0v) is 13.2. The summed E-state index contributed by atoms with van der Waals surface area (Å²) in [4.78, 5) is 18.4. The van der Waals surface area contributed by atoms with Gasteiger partial charge in [0.15, 0.2) is 0 Å². The van der Waals surface area contributed by atoms with E-state index < -0.39 is 0 Å². The van der Waals surface area contributed by atoms with Gasteiger partial charge in [-0.3, -0.25) is 4.79 Å². The molecule has 0 unspecified atom stereocenters. The third-order valence-corrected chi connectivity index (χ3v) is 3.72. The van der Waals surface area contributed by atoms with Crippen molar-refractivity contribution >= 4 is 22.9 Å². The van der Waals surface area contributed by atoms with Gasteiger partial charge in [-0.15, -0.1) is 11.3 Å². The normalized spacial score (nSPS) is 10.4. The number of carbonyl (C=O) groups excluding carboxylic acids is 1. The zero-order valence-electron chi connectivity index (χ0n) is 12.4. The van der Waals surface area contributed by atoms with Crippen molar-refractivity contribution in [2.75, 3.05) is 19.4 Å². The molecule has 2 N–H and O–H groups in total. The van der Waals surface area contributed by atoms with Gasteiger partial charge in [-0.25, -0.2) is 4.98 Å². The molecule has 0 aliphatic rings. The second-order valence-corrected chi connectivity index (χ2v) is 5.81. The Hall–Kier alpha value is -2.08. The van der Waals surface area contributed by atoms with Gasteiger partial charge in [0.05, 0.1) is 23.9 Å². The summed E-state index contributed by atoms with van der Waals surface area (Å²) in [6, 6.07) is 5.09. The SMILES string of the molecule is CCOc1cc(N)cc(C(=O)N(C)Cc2csc(C)n2)c1. The van der Waals surface area contributed by atoms with E-state index in [0.717, 1.165) is 10.7 Å². The third kappa shape index (κ3) is 3.95. The number of carbonyl (C=O) groups is 1. The number of nitrogens with two attached hydrogens (primary N) is 1. The molecule has 0 aliphatic heterocycles. The lowest BCUT2D eigenvalue weighted by Gasteiger charge is -2.17. The number of benzene rings is 1. The van der Waals surface area contributed by atoms with Crippen molar-refractivity contribution in [3.63, 3.8) is 0 Å². The number of aromatic nitrogens is 1. The van der Waals surface area contributed by atoms with E-state index in [1.165, 1.54) is 0 Å². The number of amides is 1. The van der Waals surface area contributed by atoms with Crippen LogP contribution in [-0.2, 0) is 6.54 Å². The summed E-state index contributed by atoms with van der Waals surface area (Å²) in [5, 5.41) is 2.96. The lowest BCUT2D eigenvalue weighted by Crippen LogP contribution is -2.26. The topological polar surface area (TPSA) is 68.5 Å². The van der Waals surface area contributed by atoms with Crippen LogP contribution in [-0.4, -0.2) is 29.4 Å². The van der Waals surface area contributed by atoms with E-state index >= 15 is 0 Å². The van der Waals surface area contributed by atoms with E-state index in [9.17, 15) is 4.79 Å². The zero-order chi connectivity index (χ0) is 15.4. The maximum Gasteiger partial charge on any atom is 0.254 e. The summed E-state index contributed by atoms with van der Waals surface area (Å²) in [7, 11) is 1.75. The Morgan fingerprint density at radius 1 is 1.43 bits per heavy atom. The fourth-order valence-corrected chi connectivity index (χ4v) is 2.62. The number of aryl methyl sites for hydroxylation is 1. The minimum absolute atomic E-state index is 0.103. The fraction of sp³-hybridized carbons (Fsp3) is 0.333. The van der Waals surface area contributed by atoms with Crippen molar-refractivity contribution in [2.45, 2.75) is 20.4 Å². The Balaban J connectivity index is 2.14. The van der Waals surface area contributed by atoms with Gasteiger partial charge in [0.25, 0.3) is 5.91 Å². The van der Waals surface area contributed by atoms with Crippen LogP contribution >= 0.6 is 11.3 Å². The second-order valence-electron chi connectivity index (χ2n) is 4.74. The van der Waals surface area contributed by atoms with Gasteiger partial charge in [0.1, 0.15) is 5.75 Å². The van der Waals surface area contributed by atoms with Crippen LogP contribution in [0.5, 0.6) is 5.75 Å². The molecule has 1 amide bonds. The molecule has 0 bridgehead atoms. The van der Waals surface area contributed by atoms with Gasteiger partial charge in [0, 0.05) is 29.7 Å². The minimum atomic E-state index is -0.103. The molecule has 0 spiro atoms. The summed E-state index contributed by atoms with van der Waals surface area (Å²) < 4.78 is 5.42. The highest BCUT2D eigenvalue weighted by Gasteiger charge is 2.15. The van der Waals surface area contributed by atoms with Gasteiger partial charge in [-0.05, 0) is 26.0 Å². The summed E-state index contributed by atoms with van der Waals surface area (Å²) in [5.41, 5.74) is 7.75. The average Bonchev–Trinajstić information content (AvgIpc) is 2.83. The smallest absolute Gasteiger partial charge is 0.254 e. The molecule has 0 radical (unpaired) electrons. The first-order valence-corrected chi connectivity index (χ1v) is 7.57. The van der Waals surface area contributed by atoms with E-state index in [0.29, 0.717) is 30.2 Å². The van der Waals surface area contributed by atoms with E-state index in [1.54, 1.807) is 41.5 Å². The summed E-state index contributed by atoms with van der Waals surface area (Å²) >= 11 is 1.58. The first kappa shape index (κ1) is 15.3. The number of hydrogen-bond acceptors (Lipinski definition) is 5. The second kappa shape index (κ2) is 6.58. The molecule has 5 nitrogen and oxygen atoms in total. The van der Waals surface area contributed by atoms with E-state index in [-0.39, 0.29) is 5.91 Å². The van der Waals surface area contributed by atoms with Crippen molar-refractivity contribution in [1.82, 2.24) is 9.88 Å². The molecule has 1 heterocycles. The highest BCUT2D eigenvalue weighted by Crippen LogP contribution is 2.20. The van der Waals surface area contributed by atoms with Crippen molar-refractivity contribution in [2.24, 2.45) is 0 Å². The van der Waals surface area contributed by atoms with Gasteiger partial charge in [-0.2, -0.15) is 0 Å². The predicted octanol–water partition coefficient (Wildman–Crippen LogP) is 2.70. The monoisotopic (exact) mass is 305 g/mol. The minimum Gasteiger partial charge on any atom is -0.494 e. The Kier molecular flexibility index (Phi) is 4.80. The standard InChI is InChI=1S/C15H19N3O2S/c1-4-20-14-6-11(5-12(16)7-14)15(19)18(3)8-13-9-21-10(2)17-13/h5-7,9H,4,8,16H2,1-3H3. The molecule has 0 saturated heterocycles. The molecule has 1 aromatic carbocycles. The van der Waals surface area contributed by atoms with Gasteiger partial charge >= 0.3 is 0 Å². The third-order valence-electron chi connectivity index (χ3n) is 2.90. The summed E-state index contributed by atoms with van der Waals surface area (Å²) in [6.07, 6.45) is 0. The van der Waals surface area contributed by atoms with Crippen LogP contribution in [0.2, 0.25) is 0 Å². The molecule has 21 heavy (non-hydrogen) atoms. The van der Waals surface area contributed by atoms with Crippen LogP contribution in [0.4, 0.5) is 5.69 Å². The van der Waals surface area contributed by atoms with E-state index in [4.69, 9.17) is 10.5 Å². The van der Waals surface area contributed by atoms with Crippen molar-refractivity contribution in [3.05, 3.63) is 39.8 Å². The summed E-state index contributed by atoms with van der Waals surface area (Å²) in [5.74, 6) is 0.507. The molecule has 0 saturated carbocycles. The average molecular weight is 305 g/mol. The fourth-order valence-electron chi connectivity index (χ4n) is 2.01. The van der Waals surface area contributed by atoms with Gasteiger partial charge in [-0.1, -0.05) is 0 Å². The van der Waals surface area contributed by atoms with Crippen molar-refractivity contribution in [3.8, 4) is 5.75 Å². The van der Waals surface area contributed by atoms with E-state index in [1.807, 2.05) is 19.2 Å². The Labute approximate surface area is 128 Å². The maximum absolute atomic E-state index is 12.5. The highest BCUT2D eigenvalue weighted by atomic mass is 32.1. The molecule has 112 valence electrons. The molecule has 6 heteroatoms. The first-order chi connectivity index (χ1) is 9.99. The Morgan fingerprint density at radius 2 is 2.19 bits per heavy atom. The molecule has 0 fully saturated rings. The van der Waals surface area contributed by atoms with Crippen molar-refractivity contribution in [1.29, 1.82) is 0 Å². The largest absolute Gasteiger partial charge is 0.494 e. The summed E-state index contributed by atoms with van der Waals surface area (Å²) in [6.45, 7) is 4.84. The predicted molar refractivity (Wildman–Crippen MR) is 84.7 cm³/mol. The van der Waals surface area contributed by atoms with Crippen molar-refractivity contribution < 1.29 is 9.53 Å². The molecular weight excluding hydrogens is 286 g/mol. The van der Waals surface area contributed by atoms with Crippen LogP contribution in [0, 0.1) is 6.92 Å². The quantitative estimate of drug-likeness (QED) is 0.862. The number of hydrogen-bond donors (Lipinski definition) is 1. The number of rotatable bonds is 5. The number of nitrogen functional groups attached to an aromatic ring is 1. The molecule has 0 aliphatic carbocycles. The Morgan fingerprint density at radius 3 is 2.81 bits per heavy atom. The maximum atomic E-state index is 12.5. The van der Waals surface area contributed by atoms with Crippen LogP contribution in [0.1, 0.15) is 28.0 Å². The Bertz CT molecular complexity index is 640. The molecule has 2 rings (SSSR count). The van der Waals surface area contributed by atoms with Crippen LogP contribution in [0.15, 0.2) is 23.6 Å². The number of nitrogens with zero attached hydrogens (tertiary/aromatic N) is 2.